The summed E-state index contributed by atoms with van der Waals surface area (Å²) < 4.78 is 24.8. The summed E-state index contributed by atoms with van der Waals surface area (Å²) in [6, 6.07) is 13.8. The Morgan fingerprint density at radius 1 is 1.17 bits per heavy atom. The summed E-state index contributed by atoms with van der Waals surface area (Å²) >= 11 is 0. The van der Waals surface area contributed by atoms with Gasteiger partial charge < -0.3 is 5.32 Å². The molecule has 1 heterocycles. The molecule has 2 aromatic carbocycles. The van der Waals surface area contributed by atoms with Crippen LogP contribution >= 0.6 is 0 Å². The van der Waals surface area contributed by atoms with E-state index in [-0.39, 0.29) is 23.0 Å². The lowest BCUT2D eigenvalue weighted by molar-refractivity contribution is -0.115. The van der Waals surface area contributed by atoms with E-state index in [1.807, 2.05) is 13.0 Å². The van der Waals surface area contributed by atoms with Crippen molar-refractivity contribution >= 4 is 21.4 Å². The van der Waals surface area contributed by atoms with Gasteiger partial charge in [0.25, 0.3) is 0 Å². The third kappa shape index (κ3) is 4.71. The number of aromatic nitrogens is 3. The number of hydrogen-bond donors (Lipinski definition) is 2. The summed E-state index contributed by atoms with van der Waals surface area (Å²) in [5.41, 5.74) is 2.36. The molecule has 150 valence electrons. The molecule has 1 amide bonds. The summed E-state index contributed by atoms with van der Waals surface area (Å²) in [5, 5.41) is 9.97. The number of nitrogens with one attached hydrogen (secondary N) is 2. The highest BCUT2D eigenvalue weighted by Gasteiger charge is 2.27. The van der Waals surface area contributed by atoms with Crippen LogP contribution in [0, 0.1) is 6.92 Å². The Hall–Kier alpha value is -3.00. The number of carbonyl (C=O) groups excluding carboxylic acids is 1. The lowest BCUT2D eigenvalue weighted by atomic mass is 10.2. The van der Waals surface area contributed by atoms with Crippen molar-refractivity contribution in [2.45, 2.75) is 37.0 Å². The predicted octanol–water partition coefficient (Wildman–Crippen LogP) is 3.46. The number of rotatable bonds is 7. The van der Waals surface area contributed by atoms with Gasteiger partial charge in [-0.2, -0.15) is 5.10 Å². The summed E-state index contributed by atoms with van der Waals surface area (Å²) in [7, 11) is -3.50. The highest BCUT2D eigenvalue weighted by Crippen LogP contribution is 2.38. The van der Waals surface area contributed by atoms with Crippen molar-refractivity contribution in [2.24, 2.45) is 0 Å². The summed E-state index contributed by atoms with van der Waals surface area (Å²) in [4.78, 5) is 17.0. The number of aromatic amines is 1. The molecule has 0 radical (unpaired) electrons. The minimum Gasteiger partial charge on any atom is -0.326 e. The van der Waals surface area contributed by atoms with Gasteiger partial charge in [0.2, 0.25) is 5.91 Å². The molecule has 0 bridgehead atoms. The first-order chi connectivity index (χ1) is 13.9. The van der Waals surface area contributed by atoms with Crippen LogP contribution < -0.4 is 5.32 Å². The van der Waals surface area contributed by atoms with Crippen molar-refractivity contribution in [1.29, 1.82) is 0 Å². The van der Waals surface area contributed by atoms with Crippen LogP contribution in [0.2, 0.25) is 0 Å². The normalized spacial score (nSPS) is 14.0. The molecule has 2 N–H and O–H groups in total. The number of carbonyl (C=O) groups is 1. The van der Waals surface area contributed by atoms with Gasteiger partial charge >= 0.3 is 0 Å². The van der Waals surface area contributed by atoms with Gasteiger partial charge in [0, 0.05) is 23.6 Å². The smallest absolute Gasteiger partial charge is 0.225 e. The highest BCUT2D eigenvalue weighted by molar-refractivity contribution is 7.91. The second-order valence-electron chi connectivity index (χ2n) is 7.33. The Morgan fingerprint density at radius 2 is 1.93 bits per heavy atom. The Labute approximate surface area is 169 Å². The fourth-order valence-corrected chi connectivity index (χ4v) is 4.23. The lowest BCUT2D eigenvalue weighted by Gasteiger charge is -2.07. The van der Waals surface area contributed by atoms with E-state index in [1.54, 1.807) is 42.5 Å². The first kappa shape index (κ1) is 19.3. The van der Waals surface area contributed by atoms with E-state index in [9.17, 15) is 13.2 Å². The summed E-state index contributed by atoms with van der Waals surface area (Å²) in [6.45, 7) is 1.89. The minimum atomic E-state index is -3.50. The zero-order valence-electron chi connectivity index (χ0n) is 16.1. The second-order valence-corrected chi connectivity index (χ2v) is 9.44. The van der Waals surface area contributed by atoms with E-state index in [1.165, 1.54) is 0 Å². The molecule has 29 heavy (non-hydrogen) atoms. The Kier molecular flexibility index (Phi) is 5.19. The molecule has 3 aromatic rings. The van der Waals surface area contributed by atoms with Gasteiger partial charge in [0.05, 0.1) is 10.6 Å². The molecular weight excluding hydrogens is 388 g/mol. The Bertz CT molecular complexity index is 1130. The number of amides is 1. The van der Waals surface area contributed by atoms with E-state index in [0.717, 1.165) is 29.8 Å². The van der Waals surface area contributed by atoms with Crippen LogP contribution in [-0.2, 0) is 14.6 Å². The molecule has 0 atom stereocenters. The van der Waals surface area contributed by atoms with Crippen molar-refractivity contribution in [2.75, 3.05) is 11.1 Å². The van der Waals surface area contributed by atoms with Gasteiger partial charge in [0.15, 0.2) is 15.7 Å². The number of sulfone groups is 1. The standard InChI is InChI=1S/C21H22N4O3S/c1-14-5-9-18(10-6-14)29(27,28)12-11-19(26)22-17-4-2-3-16(13-17)21-23-20(24-25-21)15-7-8-15/h2-6,9-10,13,15H,7-8,11-12H2,1H3,(H,22,26)(H,23,24,25). The van der Waals surface area contributed by atoms with Crippen LogP contribution in [0.15, 0.2) is 53.4 Å². The van der Waals surface area contributed by atoms with Crippen molar-refractivity contribution < 1.29 is 13.2 Å². The Balaban J connectivity index is 1.38. The molecule has 8 heteroatoms. The number of nitrogens with zero attached hydrogens (tertiary/aromatic N) is 2. The molecule has 0 spiro atoms. The van der Waals surface area contributed by atoms with Crippen molar-refractivity contribution in [3.05, 3.63) is 59.9 Å². The van der Waals surface area contributed by atoms with Gasteiger partial charge in [-0.3, -0.25) is 9.89 Å². The van der Waals surface area contributed by atoms with Gasteiger partial charge in [-0.15, -0.1) is 0 Å². The van der Waals surface area contributed by atoms with Gasteiger partial charge in [-0.1, -0.05) is 29.8 Å². The SMILES string of the molecule is Cc1ccc(S(=O)(=O)CCC(=O)Nc2cccc(-c3n[nH]c(C4CC4)n3)c2)cc1. The zero-order chi connectivity index (χ0) is 20.4. The average molecular weight is 410 g/mol. The number of aryl methyl sites for hydroxylation is 1. The topological polar surface area (TPSA) is 105 Å². The van der Waals surface area contributed by atoms with Crippen LogP contribution in [-0.4, -0.2) is 35.3 Å². The van der Waals surface area contributed by atoms with Crippen molar-refractivity contribution in [3.63, 3.8) is 0 Å². The van der Waals surface area contributed by atoms with Crippen LogP contribution in [0.1, 0.15) is 36.6 Å². The summed E-state index contributed by atoms with van der Waals surface area (Å²) in [6.07, 6.45) is 2.15. The molecular formula is C21H22N4O3S. The fraction of sp³-hybridized carbons (Fsp3) is 0.286. The number of H-pyrrole nitrogens is 1. The van der Waals surface area contributed by atoms with Crippen LogP contribution in [0.4, 0.5) is 5.69 Å². The first-order valence-corrected chi connectivity index (χ1v) is 11.2. The van der Waals surface area contributed by atoms with Crippen LogP contribution in [0.25, 0.3) is 11.4 Å². The van der Waals surface area contributed by atoms with E-state index in [4.69, 9.17) is 0 Å². The van der Waals surface area contributed by atoms with Crippen molar-refractivity contribution in [3.8, 4) is 11.4 Å². The largest absolute Gasteiger partial charge is 0.326 e. The zero-order valence-corrected chi connectivity index (χ0v) is 16.9. The molecule has 1 aliphatic carbocycles. The molecule has 0 saturated heterocycles. The number of benzene rings is 2. The lowest BCUT2D eigenvalue weighted by Crippen LogP contribution is -2.17. The maximum Gasteiger partial charge on any atom is 0.225 e. The highest BCUT2D eigenvalue weighted by atomic mass is 32.2. The van der Waals surface area contributed by atoms with E-state index in [2.05, 4.69) is 20.5 Å². The maximum atomic E-state index is 12.4. The average Bonchev–Trinajstić information content (AvgIpc) is 3.44. The van der Waals surface area contributed by atoms with Gasteiger partial charge in [0.1, 0.15) is 5.82 Å². The van der Waals surface area contributed by atoms with E-state index in [0.29, 0.717) is 17.4 Å². The predicted molar refractivity (Wildman–Crippen MR) is 110 cm³/mol. The monoisotopic (exact) mass is 410 g/mol. The van der Waals surface area contributed by atoms with E-state index >= 15 is 0 Å². The molecule has 1 aliphatic rings. The molecule has 0 aliphatic heterocycles. The van der Waals surface area contributed by atoms with Crippen molar-refractivity contribution in [1.82, 2.24) is 15.2 Å². The quantitative estimate of drug-likeness (QED) is 0.621. The maximum absolute atomic E-state index is 12.4. The third-order valence-electron chi connectivity index (χ3n) is 4.85. The molecule has 1 fully saturated rings. The van der Waals surface area contributed by atoms with Crippen LogP contribution in [0.5, 0.6) is 0 Å². The first-order valence-electron chi connectivity index (χ1n) is 9.53. The van der Waals surface area contributed by atoms with Gasteiger partial charge in [-0.05, 0) is 44.0 Å². The molecule has 0 unspecified atom stereocenters. The van der Waals surface area contributed by atoms with E-state index < -0.39 is 9.84 Å². The van der Waals surface area contributed by atoms with Crippen LogP contribution in [0.3, 0.4) is 0 Å². The fourth-order valence-electron chi connectivity index (χ4n) is 2.99. The number of anilines is 1. The second kappa shape index (κ2) is 7.79. The summed E-state index contributed by atoms with van der Waals surface area (Å²) in [5.74, 6) is 1.37. The molecule has 4 rings (SSSR count). The minimum absolute atomic E-state index is 0.118. The van der Waals surface area contributed by atoms with Gasteiger partial charge in [-0.25, -0.2) is 13.4 Å². The number of hydrogen-bond acceptors (Lipinski definition) is 5. The molecule has 7 nitrogen and oxygen atoms in total. The Morgan fingerprint density at radius 3 is 2.66 bits per heavy atom. The molecule has 1 aromatic heterocycles. The molecule has 1 saturated carbocycles. The third-order valence-corrected chi connectivity index (χ3v) is 6.58.